The largest absolute Gasteiger partial charge is 0.462 e. The van der Waals surface area contributed by atoms with Gasteiger partial charge in [0.05, 0.1) is 12.0 Å². The number of carbonyl (C=O) groups excluding carboxylic acids is 1. The van der Waals surface area contributed by atoms with Gasteiger partial charge in [0.1, 0.15) is 4.88 Å². The van der Waals surface area contributed by atoms with Crippen LogP contribution in [0.2, 0.25) is 0 Å². The van der Waals surface area contributed by atoms with Gasteiger partial charge in [-0.05, 0) is 30.5 Å². The molecule has 4 rings (SSSR count). The number of furan rings is 1. The number of thiazole rings is 1. The second-order valence-electron chi connectivity index (χ2n) is 7.03. The van der Waals surface area contributed by atoms with Crippen LogP contribution >= 0.6 is 11.3 Å². The van der Waals surface area contributed by atoms with Crippen LogP contribution in [0.3, 0.4) is 0 Å². The van der Waals surface area contributed by atoms with Crippen molar-refractivity contribution in [2.75, 3.05) is 19.6 Å². The number of hydrogen-bond acceptors (Lipinski definition) is 5. The maximum Gasteiger partial charge on any atom is 0.266 e. The molecule has 1 aliphatic rings. The molecule has 1 aliphatic heterocycles. The summed E-state index contributed by atoms with van der Waals surface area (Å²) in [5, 5.41) is 0.720. The minimum atomic E-state index is -0.00288. The molecule has 0 saturated carbocycles. The number of nitrogens with two attached hydrogens (primary N) is 1. The van der Waals surface area contributed by atoms with Crippen molar-refractivity contribution in [3.8, 4) is 22.0 Å². The number of amides is 1. The highest BCUT2D eigenvalue weighted by molar-refractivity contribution is 7.17. The number of likely N-dealkylation sites (tertiary alicyclic amines) is 1. The fraction of sp³-hybridized carbons (Fsp3) is 0.300. The number of benzene rings is 1. The number of carbonyl (C=O) groups is 1. The normalized spacial score (nSPS) is 19.8. The van der Waals surface area contributed by atoms with Gasteiger partial charge in [0.25, 0.3) is 5.91 Å². The predicted molar refractivity (Wildman–Crippen MR) is 103 cm³/mol. The van der Waals surface area contributed by atoms with Gasteiger partial charge in [-0.25, -0.2) is 4.98 Å². The third kappa shape index (κ3) is 3.06. The molecule has 134 valence electrons. The molecule has 2 aromatic heterocycles. The zero-order chi connectivity index (χ0) is 18.1. The SMILES string of the molecule is CC1(CN)CCN(C(=O)c2sc(-c3ccco3)nc2-c2ccccc2)C1. The highest BCUT2D eigenvalue weighted by atomic mass is 32.1. The molecule has 1 atom stereocenters. The molecule has 1 fully saturated rings. The maximum atomic E-state index is 13.3. The van der Waals surface area contributed by atoms with Gasteiger partial charge in [0, 0.05) is 18.7 Å². The molecule has 3 aromatic rings. The Labute approximate surface area is 156 Å². The van der Waals surface area contributed by atoms with Crippen molar-refractivity contribution in [2.24, 2.45) is 11.1 Å². The summed E-state index contributed by atoms with van der Waals surface area (Å²) >= 11 is 1.39. The van der Waals surface area contributed by atoms with Crippen LogP contribution in [0.15, 0.2) is 53.1 Å². The summed E-state index contributed by atoms with van der Waals surface area (Å²) in [4.78, 5) is 20.5. The zero-order valence-electron chi connectivity index (χ0n) is 14.6. The Morgan fingerprint density at radius 3 is 2.77 bits per heavy atom. The second kappa shape index (κ2) is 6.70. The van der Waals surface area contributed by atoms with Crippen molar-refractivity contribution in [3.63, 3.8) is 0 Å². The Kier molecular flexibility index (Phi) is 4.38. The number of aromatic nitrogens is 1. The van der Waals surface area contributed by atoms with Crippen LogP contribution in [0.5, 0.6) is 0 Å². The Bertz CT molecular complexity index is 905. The van der Waals surface area contributed by atoms with Crippen LogP contribution in [0, 0.1) is 5.41 Å². The first kappa shape index (κ1) is 17.0. The molecule has 0 spiro atoms. The molecular weight excluding hydrogens is 346 g/mol. The number of hydrogen-bond donors (Lipinski definition) is 1. The average molecular weight is 367 g/mol. The quantitative estimate of drug-likeness (QED) is 0.759. The third-order valence-electron chi connectivity index (χ3n) is 4.94. The van der Waals surface area contributed by atoms with Gasteiger partial charge in [-0.1, -0.05) is 37.3 Å². The summed E-state index contributed by atoms with van der Waals surface area (Å²) in [5.41, 5.74) is 7.55. The van der Waals surface area contributed by atoms with E-state index in [0.717, 1.165) is 23.5 Å². The van der Waals surface area contributed by atoms with E-state index in [-0.39, 0.29) is 11.3 Å². The van der Waals surface area contributed by atoms with Crippen molar-refractivity contribution >= 4 is 17.2 Å². The lowest BCUT2D eigenvalue weighted by molar-refractivity contribution is 0.0782. The topological polar surface area (TPSA) is 72.4 Å². The van der Waals surface area contributed by atoms with Gasteiger partial charge >= 0.3 is 0 Å². The molecule has 1 saturated heterocycles. The van der Waals surface area contributed by atoms with Crippen molar-refractivity contribution in [1.82, 2.24) is 9.88 Å². The van der Waals surface area contributed by atoms with Crippen LogP contribution in [0.1, 0.15) is 23.0 Å². The fourth-order valence-electron chi connectivity index (χ4n) is 3.27. The first-order chi connectivity index (χ1) is 12.6. The van der Waals surface area contributed by atoms with Crippen LogP contribution in [0.4, 0.5) is 0 Å². The van der Waals surface area contributed by atoms with E-state index in [0.29, 0.717) is 29.4 Å². The Morgan fingerprint density at radius 2 is 2.12 bits per heavy atom. The van der Waals surface area contributed by atoms with Gasteiger partial charge in [-0.15, -0.1) is 11.3 Å². The zero-order valence-corrected chi connectivity index (χ0v) is 15.5. The Balaban J connectivity index is 1.74. The van der Waals surface area contributed by atoms with E-state index in [2.05, 4.69) is 6.92 Å². The van der Waals surface area contributed by atoms with E-state index in [4.69, 9.17) is 15.1 Å². The lowest BCUT2D eigenvalue weighted by Crippen LogP contribution is -2.34. The van der Waals surface area contributed by atoms with E-state index in [9.17, 15) is 4.79 Å². The van der Waals surface area contributed by atoms with E-state index in [1.54, 1.807) is 6.26 Å². The van der Waals surface area contributed by atoms with Crippen molar-refractivity contribution in [1.29, 1.82) is 0 Å². The van der Waals surface area contributed by atoms with Crippen LogP contribution < -0.4 is 5.73 Å². The van der Waals surface area contributed by atoms with Crippen LogP contribution in [-0.4, -0.2) is 35.4 Å². The fourth-order valence-corrected chi connectivity index (χ4v) is 4.29. The number of nitrogens with zero attached hydrogens (tertiary/aromatic N) is 2. The lowest BCUT2D eigenvalue weighted by atomic mass is 9.90. The highest BCUT2D eigenvalue weighted by Gasteiger charge is 2.36. The molecule has 0 aliphatic carbocycles. The third-order valence-corrected chi connectivity index (χ3v) is 6.00. The monoisotopic (exact) mass is 367 g/mol. The molecule has 6 heteroatoms. The van der Waals surface area contributed by atoms with Crippen molar-refractivity contribution < 1.29 is 9.21 Å². The van der Waals surface area contributed by atoms with Gasteiger partial charge in [0.2, 0.25) is 0 Å². The summed E-state index contributed by atoms with van der Waals surface area (Å²) in [6.07, 6.45) is 2.55. The van der Waals surface area contributed by atoms with Crippen LogP contribution in [0.25, 0.3) is 22.0 Å². The highest BCUT2D eigenvalue weighted by Crippen LogP contribution is 2.37. The molecule has 2 N–H and O–H groups in total. The summed E-state index contributed by atoms with van der Waals surface area (Å²) < 4.78 is 5.49. The van der Waals surface area contributed by atoms with Gasteiger partial charge in [0.15, 0.2) is 10.8 Å². The van der Waals surface area contributed by atoms with E-state index in [1.165, 1.54) is 11.3 Å². The Hall–Kier alpha value is -2.44. The molecule has 5 nitrogen and oxygen atoms in total. The molecule has 1 amide bonds. The van der Waals surface area contributed by atoms with Gasteiger partial charge < -0.3 is 15.1 Å². The summed E-state index contributed by atoms with van der Waals surface area (Å²) in [6, 6.07) is 13.5. The molecule has 1 aromatic carbocycles. The minimum Gasteiger partial charge on any atom is -0.462 e. The molecule has 3 heterocycles. The first-order valence-electron chi connectivity index (χ1n) is 8.69. The Morgan fingerprint density at radius 1 is 1.31 bits per heavy atom. The van der Waals surface area contributed by atoms with E-state index in [1.807, 2.05) is 47.4 Å². The summed E-state index contributed by atoms with van der Waals surface area (Å²) in [5.74, 6) is 0.704. The molecular formula is C20H21N3O2S. The molecule has 26 heavy (non-hydrogen) atoms. The summed E-state index contributed by atoms with van der Waals surface area (Å²) in [6.45, 7) is 4.14. The lowest BCUT2D eigenvalue weighted by Gasteiger charge is -2.22. The smallest absolute Gasteiger partial charge is 0.266 e. The number of rotatable bonds is 4. The summed E-state index contributed by atoms with van der Waals surface area (Å²) in [7, 11) is 0. The van der Waals surface area contributed by atoms with E-state index < -0.39 is 0 Å². The van der Waals surface area contributed by atoms with Crippen LogP contribution in [-0.2, 0) is 0 Å². The maximum absolute atomic E-state index is 13.3. The minimum absolute atomic E-state index is 0.00288. The second-order valence-corrected chi connectivity index (χ2v) is 8.03. The first-order valence-corrected chi connectivity index (χ1v) is 9.51. The van der Waals surface area contributed by atoms with E-state index >= 15 is 0 Å². The molecule has 0 bridgehead atoms. The standard InChI is InChI=1S/C20H21N3O2S/c1-20(12-21)9-10-23(13-20)19(24)17-16(14-6-3-2-4-7-14)22-18(26-17)15-8-5-11-25-15/h2-8,11H,9-10,12-13,21H2,1H3. The van der Waals surface area contributed by atoms with Crippen molar-refractivity contribution in [3.05, 3.63) is 53.6 Å². The average Bonchev–Trinajstić information content (AvgIpc) is 3.41. The van der Waals surface area contributed by atoms with Gasteiger partial charge in [-0.2, -0.15) is 0 Å². The predicted octanol–water partition coefficient (Wildman–Crippen LogP) is 3.88. The van der Waals surface area contributed by atoms with Gasteiger partial charge in [-0.3, -0.25) is 4.79 Å². The molecule has 1 unspecified atom stereocenters. The molecule has 0 radical (unpaired) electrons. The van der Waals surface area contributed by atoms with Crippen molar-refractivity contribution in [2.45, 2.75) is 13.3 Å².